The van der Waals surface area contributed by atoms with E-state index >= 15 is 0 Å². The van der Waals surface area contributed by atoms with Crippen molar-refractivity contribution in [3.8, 4) is 0 Å². The quantitative estimate of drug-likeness (QED) is 0.412. The third-order valence-electron chi connectivity index (χ3n) is 2.99. The molecule has 0 aliphatic rings. The van der Waals surface area contributed by atoms with Gasteiger partial charge in [-0.15, -0.1) is 0 Å². The maximum atomic E-state index is 10.3. The summed E-state index contributed by atoms with van der Waals surface area (Å²) in [6, 6.07) is 0. The minimum absolute atomic E-state index is 0. The third kappa shape index (κ3) is 19.0. The Kier molecular flexibility index (Phi) is 19.2. The van der Waals surface area contributed by atoms with Gasteiger partial charge in [0.25, 0.3) is 0 Å². The summed E-state index contributed by atoms with van der Waals surface area (Å²) in [5.74, 6) is -0.657. The Morgan fingerprint density at radius 3 is 1.47 bits per heavy atom. The van der Waals surface area contributed by atoms with Crippen molar-refractivity contribution in [3.05, 3.63) is 0 Å². The van der Waals surface area contributed by atoms with E-state index in [4.69, 9.17) is 5.11 Å². The molecule has 1 radical (unpaired) electrons. The Balaban J connectivity index is 0. The molecule has 0 aliphatic heterocycles. The molecule has 0 aliphatic carbocycles. The Morgan fingerprint density at radius 1 is 0.765 bits per heavy atom. The number of hydrogen-bond acceptors (Lipinski definition) is 1. The molecule has 1 N–H and O–H groups in total. The molecule has 0 atom stereocenters. The van der Waals surface area contributed by atoms with Gasteiger partial charge >= 0.3 is 5.97 Å². The Labute approximate surface area is 129 Å². The first-order chi connectivity index (χ1) is 7.77. The summed E-state index contributed by atoms with van der Waals surface area (Å²) < 4.78 is 0. The predicted molar refractivity (Wildman–Crippen MR) is 74.5 cm³/mol. The number of unbranched alkanes of at least 4 members (excludes halogenated alkanes) is 10. The summed E-state index contributed by atoms with van der Waals surface area (Å²) in [6.07, 6.45) is 14.4. The van der Waals surface area contributed by atoms with Crippen molar-refractivity contribution in [2.45, 2.75) is 84.0 Å². The molecular formula is C14H28NaO2. The molecule has 0 rings (SSSR count). The van der Waals surface area contributed by atoms with Gasteiger partial charge in [-0.2, -0.15) is 0 Å². The molecule has 0 bridgehead atoms. The summed E-state index contributed by atoms with van der Waals surface area (Å²) in [5, 5.41) is 8.46. The first kappa shape index (κ1) is 19.8. The van der Waals surface area contributed by atoms with Crippen LogP contribution in [0.1, 0.15) is 84.0 Å². The smallest absolute Gasteiger partial charge is 0.303 e. The normalized spacial score (nSPS) is 9.94. The molecule has 0 aromatic carbocycles. The molecule has 0 aromatic rings. The number of rotatable bonds is 12. The second-order valence-electron chi connectivity index (χ2n) is 4.68. The molecule has 0 unspecified atom stereocenters. The minimum atomic E-state index is -0.657. The van der Waals surface area contributed by atoms with E-state index in [1.54, 1.807) is 0 Å². The predicted octanol–water partition coefficient (Wildman–Crippen LogP) is 4.39. The van der Waals surface area contributed by atoms with Crippen molar-refractivity contribution < 1.29 is 9.90 Å². The van der Waals surface area contributed by atoms with Crippen LogP contribution in [0.5, 0.6) is 0 Å². The van der Waals surface area contributed by atoms with Gasteiger partial charge in [0.2, 0.25) is 0 Å². The molecule has 2 nitrogen and oxygen atoms in total. The third-order valence-corrected chi connectivity index (χ3v) is 2.99. The van der Waals surface area contributed by atoms with E-state index in [0.29, 0.717) is 6.42 Å². The fourth-order valence-electron chi connectivity index (χ4n) is 1.94. The maximum absolute atomic E-state index is 10.3. The first-order valence-electron chi connectivity index (χ1n) is 6.99. The van der Waals surface area contributed by atoms with E-state index in [0.717, 1.165) is 12.8 Å². The van der Waals surface area contributed by atoms with Crippen LogP contribution in [0.3, 0.4) is 0 Å². The van der Waals surface area contributed by atoms with Gasteiger partial charge in [0.1, 0.15) is 0 Å². The molecule has 0 fully saturated rings. The van der Waals surface area contributed by atoms with Gasteiger partial charge in [0, 0.05) is 36.0 Å². The van der Waals surface area contributed by atoms with Crippen molar-refractivity contribution in [1.82, 2.24) is 0 Å². The van der Waals surface area contributed by atoms with Gasteiger partial charge in [-0.25, -0.2) is 0 Å². The summed E-state index contributed by atoms with van der Waals surface area (Å²) in [5.41, 5.74) is 0. The van der Waals surface area contributed by atoms with Gasteiger partial charge < -0.3 is 5.11 Å². The number of carboxylic acid groups (broad SMARTS) is 1. The number of carbonyl (C=O) groups is 1. The topological polar surface area (TPSA) is 37.3 Å². The van der Waals surface area contributed by atoms with Crippen LogP contribution in [0.4, 0.5) is 0 Å². The van der Waals surface area contributed by atoms with Crippen LogP contribution in [-0.2, 0) is 4.79 Å². The molecule has 0 heterocycles. The monoisotopic (exact) mass is 251 g/mol. The van der Waals surface area contributed by atoms with Crippen LogP contribution in [0.2, 0.25) is 0 Å². The van der Waals surface area contributed by atoms with Crippen molar-refractivity contribution in [1.29, 1.82) is 0 Å². The Bertz CT molecular complexity index is 160. The minimum Gasteiger partial charge on any atom is -0.481 e. The fourth-order valence-corrected chi connectivity index (χ4v) is 1.94. The zero-order chi connectivity index (χ0) is 12.1. The molecule has 0 saturated heterocycles. The molecule has 97 valence electrons. The maximum Gasteiger partial charge on any atom is 0.303 e. The van der Waals surface area contributed by atoms with Crippen molar-refractivity contribution in [2.75, 3.05) is 0 Å². The van der Waals surface area contributed by atoms with Crippen LogP contribution in [0.25, 0.3) is 0 Å². The van der Waals surface area contributed by atoms with Crippen LogP contribution >= 0.6 is 0 Å². The van der Waals surface area contributed by atoms with E-state index in [-0.39, 0.29) is 29.6 Å². The molecule has 0 aromatic heterocycles. The van der Waals surface area contributed by atoms with Crippen LogP contribution in [-0.4, -0.2) is 40.6 Å². The average Bonchev–Trinajstić information content (AvgIpc) is 2.25. The number of hydrogen-bond donors (Lipinski definition) is 1. The molecule has 0 amide bonds. The van der Waals surface area contributed by atoms with Crippen LogP contribution in [0.15, 0.2) is 0 Å². The van der Waals surface area contributed by atoms with E-state index < -0.39 is 5.97 Å². The van der Waals surface area contributed by atoms with Gasteiger partial charge in [0.15, 0.2) is 0 Å². The van der Waals surface area contributed by atoms with E-state index in [1.165, 1.54) is 57.8 Å². The average molecular weight is 251 g/mol. The van der Waals surface area contributed by atoms with Gasteiger partial charge in [0.05, 0.1) is 0 Å². The van der Waals surface area contributed by atoms with E-state index in [2.05, 4.69) is 6.92 Å². The summed E-state index contributed by atoms with van der Waals surface area (Å²) in [6.45, 7) is 2.25. The van der Waals surface area contributed by atoms with Gasteiger partial charge in [-0.1, -0.05) is 71.1 Å². The zero-order valence-corrected chi connectivity index (χ0v) is 13.8. The standard InChI is InChI=1S/C14H28O2.Na/c1-2-3-4-5-6-7-8-9-10-11-12-13-14(15)16;/h2-13H2,1H3,(H,15,16);. The SMILES string of the molecule is CCCCCCCCCCCCCC(=O)O.[Na]. The van der Waals surface area contributed by atoms with Gasteiger partial charge in [-0.05, 0) is 6.42 Å². The second kappa shape index (κ2) is 16.5. The second-order valence-corrected chi connectivity index (χ2v) is 4.68. The molecule has 17 heavy (non-hydrogen) atoms. The fraction of sp³-hybridized carbons (Fsp3) is 0.929. The molecule has 0 spiro atoms. The first-order valence-corrected chi connectivity index (χ1v) is 6.99. The molecule has 0 saturated carbocycles. The summed E-state index contributed by atoms with van der Waals surface area (Å²) in [4.78, 5) is 10.3. The largest absolute Gasteiger partial charge is 0.481 e. The van der Waals surface area contributed by atoms with Gasteiger partial charge in [-0.3, -0.25) is 4.79 Å². The number of aliphatic carboxylic acids is 1. The van der Waals surface area contributed by atoms with E-state index in [1.807, 2.05) is 0 Å². The van der Waals surface area contributed by atoms with Crippen molar-refractivity contribution >= 4 is 35.5 Å². The summed E-state index contributed by atoms with van der Waals surface area (Å²) in [7, 11) is 0. The van der Waals surface area contributed by atoms with Crippen LogP contribution in [0, 0.1) is 0 Å². The van der Waals surface area contributed by atoms with Crippen molar-refractivity contribution in [3.63, 3.8) is 0 Å². The molecule has 3 heteroatoms. The molecular weight excluding hydrogens is 223 g/mol. The van der Waals surface area contributed by atoms with Crippen molar-refractivity contribution in [2.24, 2.45) is 0 Å². The number of carboxylic acids is 1. The summed E-state index contributed by atoms with van der Waals surface area (Å²) >= 11 is 0. The Morgan fingerprint density at radius 2 is 1.12 bits per heavy atom. The van der Waals surface area contributed by atoms with Crippen LogP contribution < -0.4 is 0 Å². The van der Waals surface area contributed by atoms with E-state index in [9.17, 15) is 4.79 Å². The Hall–Kier alpha value is 0.470. The zero-order valence-electron chi connectivity index (χ0n) is 11.8.